The number of nitrogens with one attached hydrogen (secondary N) is 2. The van der Waals surface area contributed by atoms with E-state index in [2.05, 4.69) is 31.4 Å². The number of nitrogens with zero attached hydrogens (tertiary/aromatic N) is 1. The average molecular weight is 418 g/mol. The fourth-order valence-electron chi connectivity index (χ4n) is 2.04. The Morgan fingerprint density at radius 3 is 2.55 bits per heavy atom. The van der Waals surface area contributed by atoms with Gasteiger partial charge in [-0.1, -0.05) is 50.7 Å². The van der Waals surface area contributed by atoms with Crippen LogP contribution in [-0.4, -0.2) is 11.2 Å². The molecule has 0 bridgehead atoms. The standard InChI is InChI=1S/C15H9BrCl3N3/c16-9-1-2-14-11(3-9)8(6-20-14)7-21-22-15-12(18)4-10(17)5-13(15)19/h1-7,20,22H/b21-7+. The van der Waals surface area contributed by atoms with E-state index in [0.29, 0.717) is 20.8 Å². The zero-order valence-corrected chi connectivity index (χ0v) is 14.9. The van der Waals surface area contributed by atoms with E-state index in [1.54, 1.807) is 18.3 Å². The maximum Gasteiger partial charge on any atom is 0.0935 e. The zero-order chi connectivity index (χ0) is 15.7. The molecule has 0 radical (unpaired) electrons. The minimum atomic E-state index is 0.413. The summed E-state index contributed by atoms with van der Waals surface area (Å²) >= 11 is 21.5. The van der Waals surface area contributed by atoms with Crippen LogP contribution in [0.2, 0.25) is 15.1 Å². The molecular weight excluding hydrogens is 408 g/mol. The van der Waals surface area contributed by atoms with Crippen LogP contribution in [0.4, 0.5) is 5.69 Å². The van der Waals surface area contributed by atoms with E-state index < -0.39 is 0 Å². The number of benzene rings is 2. The molecule has 0 saturated heterocycles. The minimum absolute atomic E-state index is 0.413. The summed E-state index contributed by atoms with van der Waals surface area (Å²) in [6.45, 7) is 0. The van der Waals surface area contributed by atoms with Crippen LogP contribution >= 0.6 is 50.7 Å². The van der Waals surface area contributed by atoms with E-state index in [-0.39, 0.29) is 0 Å². The third-order valence-corrected chi connectivity index (χ3v) is 4.37. The molecule has 1 heterocycles. The molecule has 2 aromatic carbocycles. The van der Waals surface area contributed by atoms with Crippen molar-refractivity contribution in [2.75, 3.05) is 5.43 Å². The Bertz CT molecular complexity index is 851. The first-order valence-electron chi connectivity index (χ1n) is 6.25. The molecule has 0 aliphatic rings. The lowest BCUT2D eigenvalue weighted by Crippen LogP contribution is -1.92. The van der Waals surface area contributed by atoms with Gasteiger partial charge in [0.25, 0.3) is 0 Å². The van der Waals surface area contributed by atoms with Crippen LogP contribution in [0.3, 0.4) is 0 Å². The van der Waals surface area contributed by atoms with Crippen LogP contribution in [0.1, 0.15) is 5.56 Å². The Morgan fingerprint density at radius 2 is 1.82 bits per heavy atom. The van der Waals surface area contributed by atoms with Crippen LogP contribution in [0.15, 0.2) is 46.1 Å². The molecule has 22 heavy (non-hydrogen) atoms. The summed E-state index contributed by atoms with van der Waals surface area (Å²) < 4.78 is 1.01. The van der Waals surface area contributed by atoms with Crippen molar-refractivity contribution >= 4 is 73.5 Å². The molecule has 112 valence electrons. The highest BCUT2D eigenvalue weighted by Gasteiger charge is 2.07. The number of halogens is 4. The van der Waals surface area contributed by atoms with Gasteiger partial charge in [-0.2, -0.15) is 5.10 Å². The van der Waals surface area contributed by atoms with Gasteiger partial charge < -0.3 is 4.98 Å². The van der Waals surface area contributed by atoms with E-state index in [1.165, 1.54) is 0 Å². The van der Waals surface area contributed by atoms with Crippen LogP contribution in [0.5, 0.6) is 0 Å². The van der Waals surface area contributed by atoms with Gasteiger partial charge in [-0.05, 0) is 30.3 Å². The number of rotatable bonds is 3. The Morgan fingerprint density at radius 1 is 1.09 bits per heavy atom. The molecule has 7 heteroatoms. The van der Waals surface area contributed by atoms with Crippen molar-refractivity contribution in [2.45, 2.75) is 0 Å². The number of anilines is 1. The molecule has 0 saturated carbocycles. The summed E-state index contributed by atoms with van der Waals surface area (Å²) in [4.78, 5) is 3.18. The summed E-state index contributed by atoms with van der Waals surface area (Å²) in [7, 11) is 0. The highest BCUT2D eigenvalue weighted by Crippen LogP contribution is 2.33. The molecule has 0 unspecified atom stereocenters. The molecule has 0 fully saturated rings. The highest BCUT2D eigenvalue weighted by atomic mass is 79.9. The molecule has 0 spiro atoms. The Kier molecular flexibility index (Phi) is 4.64. The van der Waals surface area contributed by atoms with Gasteiger partial charge in [-0.3, -0.25) is 5.43 Å². The number of hydrazone groups is 1. The van der Waals surface area contributed by atoms with Crippen molar-refractivity contribution in [3.8, 4) is 0 Å². The maximum atomic E-state index is 6.09. The lowest BCUT2D eigenvalue weighted by atomic mass is 10.2. The van der Waals surface area contributed by atoms with Crippen LogP contribution < -0.4 is 5.43 Å². The van der Waals surface area contributed by atoms with Crippen LogP contribution in [0, 0.1) is 0 Å². The van der Waals surface area contributed by atoms with E-state index in [1.807, 2.05) is 24.4 Å². The van der Waals surface area contributed by atoms with Gasteiger partial charge in [0.2, 0.25) is 0 Å². The fourth-order valence-corrected chi connectivity index (χ4v) is 3.30. The monoisotopic (exact) mass is 415 g/mol. The van der Waals surface area contributed by atoms with E-state index >= 15 is 0 Å². The largest absolute Gasteiger partial charge is 0.361 e. The molecule has 2 N–H and O–H groups in total. The second-order valence-electron chi connectivity index (χ2n) is 4.55. The lowest BCUT2D eigenvalue weighted by molar-refractivity contribution is 1.35. The first-order valence-corrected chi connectivity index (χ1v) is 8.17. The Labute approximate surface area is 150 Å². The van der Waals surface area contributed by atoms with Gasteiger partial charge in [0, 0.05) is 32.2 Å². The molecule has 3 rings (SSSR count). The second-order valence-corrected chi connectivity index (χ2v) is 6.71. The number of H-pyrrole nitrogens is 1. The minimum Gasteiger partial charge on any atom is -0.361 e. The van der Waals surface area contributed by atoms with Crippen LogP contribution in [-0.2, 0) is 0 Å². The summed E-state index contributed by atoms with van der Waals surface area (Å²) in [5.74, 6) is 0. The van der Waals surface area contributed by atoms with E-state index in [9.17, 15) is 0 Å². The first-order chi connectivity index (χ1) is 10.5. The number of fused-ring (bicyclic) bond motifs is 1. The maximum absolute atomic E-state index is 6.09. The SMILES string of the molecule is Clc1cc(Cl)c(N/N=C/c2c[nH]c3ccc(Br)cc23)c(Cl)c1. The fraction of sp³-hybridized carbons (Fsp3) is 0. The third kappa shape index (κ3) is 3.25. The molecule has 0 aliphatic carbocycles. The molecule has 0 atom stereocenters. The van der Waals surface area contributed by atoms with Gasteiger partial charge in [-0.15, -0.1) is 0 Å². The first kappa shape index (κ1) is 15.7. The number of hydrogen-bond donors (Lipinski definition) is 2. The van der Waals surface area contributed by atoms with Crippen molar-refractivity contribution in [3.05, 3.63) is 61.6 Å². The average Bonchev–Trinajstić information content (AvgIpc) is 2.84. The van der Waals surface area contributed by atoms with Crippen molar-refractivity contribution in [1.29, 1.82) is 0 Å². The summed E-state index contributed by atoms with van der Waals surface area (Å²) in [5.41, 5.74) is 5.35. The zero-order valence-electron chi connectivity index (χ0n) is 11.0. The summed E-state index contributed by atoms with van der Waals surface area (Å²) in [5, 5.41) is 6.56. The van der Waals surface area contributed by atoms with E-state index in [0.717, 1.165) is 20.9 Å². The number of aromatic amines is 1. The molecule has 3 aromatic rings. The van der Waals surface area contributed by atoms with Crippen molar-refractivity contribution in [1.82, 2.24) is 4.98 Å². The van der Waals surface area contributed by atoms with Gasteiger partial charge in [0.15, 0.2) is 0 Å². The Balaban J connectivity index is 1.87. The summed E-state index contributed by atoms with van der Waals surface area (Å²) in [6, 6.07) is 9.21. The van der Waals surface area contributed by atoms with Crippen molar-refractivity contribution < 1.29 is 0 Å². The second kappa shape index (κ2) is 6.50. The molecule has 3 nitrogen and oxygen atoms in total. The van der Waals surface area contributed by atoms with Crippen molar-refractivity contribution in [3.63, 3.8) is 0 Å². The number of aromatic nitrogens is 1. The van der Waals surface area contributed by atoms with Gasteiger partial charge in [0.05, 0.1) is 21.9 Å². The molecule has 0 aliphatic heterocycles. The molecular formula is C15H9BrCl3N3. The highest BCUT2D eigenvalue weighted by molar-refractivity contribution is 9.10. The summed E-state index contributed by atoms with van der Waals surface area (Å²) in [6.07, 6.45) is 3.58. The predicted octanol–water partition coefficient (Wildman–Crippen LogP) is 6.34. The van der Waals surface area contributed by atoms with Gasteiger partial charge >= 0.3 is 0 Å². The van der Waals surface area contributed by atoms with Gasteiger partial charge in [-0.25, -0.2) is 0 Å². The quantitative estimate of drug-likeness (QED) is 0.379. The van der Waals surface area contributed by atoms with E-state index in [4.69, 9.17) is 34.8 Å². The predicted molar refractivity (Wildman–Crippen MR) is 98.7 cm³/mol. The molecule has 1 aromatic heterocycles. The van der Waals surface area contributed by atoms with Crippen molar-refractivity contribution in [2.24, 2.45) is 5.10 Å². The molecule has 0 amide bonds. The normalized spacial score (nSPS) is 11.5. The smallest absolute Gasteiger partial charge is 0.0935 e. The Hall–Kier alpha value is -1.20. The lowest BCUT2D eigenvalue weighted by Gasteiger charge is -2.06. The van der Waals surface area contributed by atoms with Gasteiger partial charge in [0.1, 0.15) is 0 Å². The van der Waals surface area contributed by atoms with Crippen LogP contribution in [0.25, 0.3) is 10.9 Å². The topological polar surface area (TPSA) is 40.2 Å². The third-order valence-electron chi connectivity index (χ3n) is 3.06. The number of hydrogen-bond acceptors (Lipinski definition) is 2.